The average Bonchev–Trinajstić information content (AvgIpc) is 3.96. The van der Waals surface area contributed by atoms with Crippen molar-refractivity contribution in [1.82, 2.24) is 19.9 Å². The fourth-order valence-electron chi connectivity index (χ4n) is 7.02. The fourth-order valence-corrected chi connectivity index (χ4v) is 8.38. The van der Waals surface area contributed by atoms with Crippen LogP contribution in [0.15, 0.2) is 42.6 Å². The van der Waals surface area contributed by atoms with Crippen molar-refractivity contribution >= 4 is 38.5 Å². The summed E-state index contributed by atoms with van der Waals surface area (Å²) in [5.74, 6) is -0.131. The minimum atomic E-state index is -3.81. The van der Waals surface area contributed by atoms with Crippen LogP contribution in [0.5, 0.6) is 11.6 Å². The van der Waals surface area contributed by atoms with E-state index in [9.17, 15) is 22.8 Å². The van der Waals surface area contributed by atoms with Crippen molar-refractivity contribution in [3.63, 3.8) is 0 Å². The van der Waals surface area contributed by atoms with Gasteiger partial charge in [-0.15, -0.1) is 0 Å². The number of sulfonamides is 1. The van der Waals surface area contributed by atoms with E-state index in [4.69, 9.17) is 9.47 Å². The van der Waals surface area contributed by atoms with Crippen molar-refractivity contribution in [2.75, 3.05) is 13.7 Å². The van der Waals surface area contributed by atoms with Gasteiger partial charge in [0.05, 0.1) is 25.1 Å². The molecule has 2 aliphatic heterocycles. The Bertz CT molecular complexity index is 1640. The smallest absolute Gasteiger partial charge is 0.259 e. The van der Waals surface area contributed by atoms with Gasteiger partial charge in [-0.1, -0.05) is 50.6 Å². The molecule has 3 amide bonds. The van der Waals surface area contributed by atoms with E-state index in [2.05, 4.69) is 28.9 Å². The summed E-state index contributed by atoms with van der Waals surface area (Å²) in [4.78, 5) is 47.6. The number of amides is 3. The van der Waals surface area contributed by atoms with Crippen molar-refractivity contribution in [3.05, 3.63) is 42.6 Å². The van der Waals surface area contributed by atoms with E-state index in [0.717, 1.165) is 36.5 Å². The molecule has 1 saturated heterocycles. The predicted molar refractivity (Wildman–Crippen MR) is 172 cm³/mol. The Morgan fingerprint density at radius 3 is 2.63 bits per heavy atom. The number of nitrogens with one attached hydrogen (secondary N) is 2. The number of benzene rings is 1. The molecular weight excluding hydrogens is 608 g/mol. The Hall–Kier alpha value is -3.67. The van der Waals surface area contributed by atoms with Crippen LogP contribution in [-0.2, 0) is 24.4 Å². The van der Waals surface area contributed by atoms with Gasteiger partial charge < -0.3 is 19.7 Å². The highest BCUT2D eigenvalue weighted by molar-refractivity contribution is 7.91. The van der Waals surface area contributed by atoms with Crippen LogP contribution in [0.1, 0.15) is 71.6 Å². The summed E-state index contributed by atoms with van der Waals surface area (Å²) in [6.07, 6.45) is 10.3. The largest absolute Gasteiger partial charge is 0.494 e. The number of hydrogen-bond acceptors (Lipinski definition) is 8. The molecule has 3 heterocycles. The lowest BCUT2D eigenvalue weighted by Gasteiger charge is -2.28. The molecule has 0 radical (unpaired) electrons. The van der Waals surface area contributed by atoms with Crippen molar-refractivity contribution in [2.45, 2.75) is 94.6 Å². The average molecular weight is 653 g/mol. The summed E-state index contributed by atoms with van der Waals surface area (Å²) in [6.45, 7) is 4.46. The first-order valence-electron chi connectivity index (χ1n) is 16.5. The van der Waals surface area contributed by atoms with E-state index < -0.39 is 44.8 Å². The topological polar surface area (TPSA) is 144 Å². The number of hydrogen-bond donors (Lipinski definition) is 2. The van der Waals surface area contributed by atoms with Gasteiger partial charge >= 0.3 is 0 Å². The summed E-state index contributed by atoms with van der Waals surface area (Å²) in [6, 6.07) is 6.69. The number of aromatic nitrogens is 1. The molecule has 2 N–H and O–H groups in total. The van der Waals surface area contributed by atoms with Crippen LogP contribution in [-0.4, -0.2) is 72.6 Å². The molecular formula is C34H44N4O7S. The van der Waals surface area contributed by atoms with Crippen LogP contribution in [0, 0.1) is 17.8 Å². The second-order valence-electron chi connectivity index (χ2n) is 13.5. The SMILES string of the molecule is CC[C@H]1CC(=O)N2C[C@H](Oc3ncc(OC)c4ccccc34)C[C@H]2C(=O)N[C@]2(C(=O)NS(=O)(=O)C3CC3)CC2/C=C\CC[C@@H](C)C1. The maximum Gasteiger partial charge on any atom is 0.259 e. The second kappa shape index (κ2) is 12.8. The first-order valence-corrected chi connectivity index (χ1v) is 18.0. The van der Waals surface area contributed by atoms with E-state index in [1.165, 1.54) is 0 Å². The van der Waals surface area contributed by atoms with Gasteiger partial charge in [-0.25, -0.2) is 13.4 Å². The molecule has 0 bridgehead atoms. The highest BCUT2D eigenvalue weighted by Crippen LogP contribution is 2.46. The van der Waals surface area contributed by atoms with Gasteiger partial charge in [0.15, 0.2) is 0 Å². The first kappa shape index (κ1) is 32.3. The maximum absolute atomic E-state index is 14.1. The Labute approximate surface area is 270 Å². The zero-order valence-electron chi connectivity index (χ0n) is 26.7. The van der Waals surface area contributed by atoms with Gasteiger partial charge in [0.25, 0.3) is 5.91 Å². The van der Waals surface area contributed by atoms with E-state index >= 15 is 0 Å². The molecule has 11 nitrogen and oxygen atoms in total. The van der Waals surface area contributed by atoms with Crippen LogP contribution in [0.3, 0.4) is 0 Å². The number of pyridine rings is 1. The van der Waals surface area contributed by atoms with E-state index in [-0.39, 0.29) is 37.1 Å². The summed E-state index contributed by atoms with van der Waals surface area (Å²) in [7, 11) is -2.24. The van der Waals surface area contributed by atoms with Crippen LogP contribution in [0.4, 0.5) is 0 Å². The van der Waals surface area contributed by atoms with Gasteiger partial charge in [-0.3, -0.25) is 19.1 Å². The molecule has 3 fully saturated rings. The molecule has 2 aliphatic carbocycles. The summed E-state index contributed by atoms with van der Waals surface area (Å²) >= 11 is 0. The molecule has 2 aromatic rings. The molecule has 0 spiro atoms. The predicted octanol–water partition coefficient (Wildman–Crippen LogP) is 3.87. The van der Waals surface area contributed by atoms with E-state index in [0.29, 0.717) is 36.8 Å². The van der Waals surface area contributed by atoms with E-state index in [1.54, 1.807) is 18.2 Å². The Kier molecular flexibility index (Phi) is 9.02. The lowest BCUT2D eigenvalue weighted by atomic mass is 9.88. The van der Waals surface area contributed by atoms with Crippen molar-refractivity contribution in [3.8, 4) is 11.6 Å². The number of nitrogens with zero attached hydrogens (tertiary/aromatic N) is 2. The summed E-state index contributed by atoms with van der Waals surface area (Å²) < 4.78 is 39.5. The third-order valence-electron chi connectivity index (χ3n) is 10.0. The van der Waals surface area contributed by atoms with Crippen LogP contribution < -0.4 is 19.5 Å². The van der Waals surface area contributed by atoms with Gasteiger partial charge in [-0.05, 0) is 56.4 Å². The molecule has 1 unspecified atom stereocenters. The summed E-state index contributed by atoms with van der Waals surface area (Å²) in [5, 5.41) is 3.94. The quantitative estimate of drug-likeness (QED) is 0.429. The van der Waals surface area contributed by atoms with Gasteiger partial charge in [-0.2, -0.15) is 0 Å². The van der Waals surface area contributed by atoms with Crippen LogP contribution in [0.25, 0.3) is 10.8 Å². The zero-order chi connectivity index (χ0) is 32.6. The Morgan fingerprint density at radius 2 is 1.91 bits per heavy atom. The number of allylic oxidation sites excluding steroid dienone is 1. The van der Waals surface area contributed by atoms with Crippen LogP contribution >= 0.6 is 0 Å². The molecule has 12 heteroatoms. The second-order valence-corrected chi connectivity index (χ2v) is 15.4. The molecule has 6 atom stereocenters. The lowest BCUT2D eigenvalue weighted by molar-refractivity contribution is -0.140. The van der Waals surface area contributed by atoms with Gasteiger partial charge in [0.1, 0.15) is 23.4 Å². The molecule has 1 aromatic carbocycles. The molecule has 46 heavy (non-hydrogen) atoms. The lowest BCUT2D eigenvalue weighted by Crippen LogP contribution is -2.56. The minimum Gasteiger partial charge on any atom is -0.494 e. The number of fused-ring (bicyclic) bond motifs is 3. The molecule has 4 aliphatic rings. The molecule has 2 saturated carbocycles. The standard InChI is InChI=1S/C34H44N4O7S/c1-4-22-15-21(2)9-5-6-10-23-18-34(23,33(41)37-46(42,43)25-13-14-25)36-31(40)28-17-24(20-38(28)30(39)16-22)45-32-27-12-8-7-11-26(27)29(44-3)19-35-32/h6-8,10-12,19,21-25,28H,4-5,9,13-18,20H2,1-3H3,(H,36,40)(H,37,41)/b10-6-/t21-,22-,23?,24-,28+,34-/m1/s1. The Balaban J connectivity index is 1.29. The minimum absolute atomic E-state index is 0.131. The van der Waals surface area contributed by atoms with Crippen LogP contribution in [0.2, 0.25) is 0 Å². The number of carbonyl (C=O) groups is 3. The van der Waals surface area contributed by atoms with Gasteiger partial charge in [0, 0.05) is 29.5 Å². The number of ether oxygens (including phenoxy) is 2. The molecule has 1 aromatic heterocycles. The monoisotopic (exact) mass is 652 g/mol. The summed E-state index contributed by atoms with van der Waals surface area (Å²) in [5.41, 5.74) is -1.39. The highest BCUT2D eigenvalue weighted by atomic mass is 32.2. The van der Waals surface area contributed by atoms with Crippen molar-refractivity contribution in [1.29, 1.82) is 0 Å². The third-order valence-corrected chi connectivity index (χ3v) is 11.9. The molecule has 248 valence electrons. The van der Waals surface area contributed by atoms with Crippen molar-refractivity contribution in [2.24, 2.45) is 17.8 Å². The maximum atomic E-state index is 14.1. The first-order chi connectivity index (χ1) is 22.0. The Morgan fingerprint density at radius 1 is 1.15 bits per heavy atom. The molecule has 6 rings (SSSR count). The number of carbonyl (C=O) groups excluding carboxylic acids is 3. The number of methoxy groups -OCH3 is 1. The fraction of sp³-hybridized carbons (Fsp3) is 0.588. The van der Waals surface area contributed by atoms with Gasteiger partial charge in [0.2, 0.25) is 27.7 Å². The normalized spacial score (nSPS) is 31.1. The van der Waals surface area contributed by atoms with Crippen molar-refractivity contribution < 1.29 is 32.3 Å². The number of rotatable bonds is 7. The third kappa shape index (κ3) is 6.59. The zero-order valence-corrected chi connectivity index (χ0v) is 27.6. The van der Waals surface area contributed by atoms with E-state index in [1.807, 2.05) is 36.4 Å². The highest BCUT2D eigenvalue weighted by Gasteiger charge is 2.62.